The fourth-order valence-corrected chi connectivity index (χ4v) is 16.3. The number of rotatable bonds is 2. The summed E-state index contributed by atoms with van der Waals surface area (Å²) in [5, 5.41) is 2.29. The second kappa shape index (κ2) is 7.81. The van der Waals surface area contributed by atoms with Crippen LogP contribution in [0.2, 0.25) is 0 Å². The first kappa shape index (κ1) is 19.2. The van der Waals surface area contributed by atoms with Crippen LogP contribution in [0.5, 0.6) is 0 Å². The first-order chi connectivity index (χ1) is 12.7. The second-order valence-corrected chi connectivity index (χ2v) is 16.7. The number of allylic oxidation sites excluding steroid dienone is 3. The molecule has 138 valence electrons. The lowest BCUT2D eigenvalue weighted by Crippen LogP contribution is -2.43. The Morgan fingerprint density at radius 3 is 2.00 bits per heavy atom. The minimum absolute atomic E-state index is 0.312. The van der Waals surface area contributed by atoms with Gasteiger partial charge in [-0.05, 0) is 47.3 Å². The van der Waals surface area contributed by atoms with Gasteiger partial charge in [-0.2, -0.15) is 0 Å². The Bertz CT molecular complexity index is 726. The third-order valence-corrected chi connectivity index (χ3v) is 15.7. The van der Waals surface area contributed by atoms with E-state index < -0.39 is 0 Å². The van der Waals surface area contributed by atoms with Crippen molar-refractivity contribution < 1.29 is 0 Å². The molecule has 4 bridgehead atoms. The second-order valence-electron chi connectivity index (χ2n) is 6.87. The van der Waals surface area contributed by atoms with E-state index >= 15 is 0 Å². The summed E-state index contributed by atoms with van der Waals surface area (Å²) in [5.41, 5.74) is 0.312. The van der Waals surface area contributed by atoms with Gasteiger partial charge in [0.2, 0.25) is 0 Å². The standard InChI is InChI=1S/C19H20S7/c1-3-12-13(4-2)23-18(22-12)17-20-10-11(21-17)5-6-19-7-14-24-15(8-19)26-16(9-19)25-14/h10,14-16H,3-4,7-9H2,1-2H3. The fraction of sp³-hybridized carbons (Fsp3) is 0.579. The van der Waals surface area contributed by atoms with Crippen LogP contribution in [-0.2, 0) is 0 Å². The molecule has 4 saturated heterocycles. The van der Waals surface area contributed by atoms with E-state index in [2.05, 4.69) is 66.4 Å². The van der Waals surface area contributed by atoms with E-state index in [0.29, 0.717) is 5.41 Å². The third kappa shape index (κ3) is 3.70. The van der Waals surface area contributed by atoms with Crippen molar-refractivity contribution in [1.29, 1.82) is 0 Å². The van der Waals surface area contributed by atoms with Gasteiger partial charge >= 0.3 is 0 Å². The Morgan fingerprint density at radius 2 is 1.46 bits per heavy atom. The Hall–Kier alpha value is 1.23. The predicted octanol–water partition coefficient (Wildman–Crippen LogP) is 8.32. The summed E-state index contributed by atoms with van der Waals surface area (Å²) in [5.74, 6) is 7.38. The molecule has 4 fully saturated rings. The average Bonchev–Trinajstić information content (AvgIpc) is 3.25. The zero-order valence-corrected chi connectivity index (χ0v) is 20.4. The Kier molecular flexibility index (Phi) is 5.77. The SMILES string of the molecule is CCC1=C(CC)SC(=C2SC=C(C#CC34CC5SC(C3)SC(C4)S5)S2)S1. The molecular formula is C19H20S7. The quantitative estimate of drug-likeness (QED) is 0.366. The summed E-state index contributed by atoms with van der Waals surface area (Å²) in [6.45, 7) is 4.55. The van der Waals surface area contributed by atoms with Crippen molar-refractivity contribution >= 4 is 82.3 Å². The molecule has 0 N–H and O–H groups in total. The van der Waals surface area contributed by atoms with Crippen LogP contribution in [0.3, 0.4) is 0 Å². The van der Waals surface area contributed by atoms with Gasteiger partial charge in [0.25, 0.3) is 0 Å². The third-order valence-electron chi connectivity index (χ3n) is 5.06. The molecule has 0 atom stereocenters. The normalized spacial score (nSPS) is 38.1. The molecule has 0 aromatic rings. The van der Waals surface area contributed by atoms with Crippen molar-refractivity contribution in [3.63, 3.8) is 0 Å². The molecule has 6 aliphatic heterocycles. The molecule has 6 heterocycles. The number of thioether (sulfide) groups is 7. The fourth-order valence-electron chi connectivity index (χ4n) is 3.83. The van der Waals surface area contributed by atoms with Crippen LogP contribution in [0.25, 0.3) is 0 Å². The summed E-state index contributed by atoms with van der Waals surface area (Å²) in [6.07, 6.45) is 6.23. The van der Waals surface area contributed by atoms with Gasteiger partial charge in [-0.3, -0.25) is 0 Å². The summed E-state index contributed by atoms with van der Waals surface area (Å²) < 4.78 is 5.35. The predicted molar refractivity (Wildman–Crippen MR) is 131 cm³/mol. The van der Waals surface area contributed by atoms with Crippen molar-refractivity contribution in [3.05, 3.63) is 28.6 Å². The zero-order valence-electron chi connectivity index (χ0n) is 14.7. The molecule has 0 radical (unpaired) electrons. The largest absolute Gasteiger partial charge is 0.133 e. The van der Waals surface area contributed by atoms with Gasteiger partial charge < -0.3 is 0 Å². The van der Waals surface area contributed by atoms with E-state index in [-0.39, 0.29) is 0 Å². The van der Waals surface area contributed by atoms with Crippen LogP contribution < -0.4 is 0 Å². The van der Waals surface area contributed by atoms with E-state index in [4.69, 9.17) is 0 Å². The van der Waals surface area contributed by atoms with Gasteiger partial charge in [0.05, 0.1) is 27.1 Å². The van der Waals surface area contributed by atoms with Crippen LogP contribution in [0, 0.1) is 17.3 Å². The zero-order chi connectivity index (χ0) is 17.7. The molecule has 6 aliphatic rings. The van der Waals surface area contributed by atoms with Gasteiger partial charge in [0.1, 0.15) is 0 Å². The Balaban J connectivity index is 1.29. The molecule has 0 amide bonds. The van der Waals surface area contributed by atoms with E-state index in [9.17, 15) is 0 Å². The molecule has 26 heavy (non-hydrogen) atoms. The van der Waals surface area contributed by atoms with E-state index in [1.54, 1.807) is 9.81 Å². The topological polar surface area (TPSA) is 0 Å². The molecule has 0 nitrogen and oxygen atoms in total. The maximum atomic E-state index is 3.78. The van der Waals surface area contributed by atoms with Gasteiger partial charge in [-0.1, -0.05) is 72.7 Å². The monoisotopic (exact) mass is 472 g/mol. The first-order valence-corrected chi connectivity index (χ1v) is 15.2. The molecule has 0 aliphatic carbocycles. The van der Waals surface area contributed by atoms with Gasteiger partial charge in [-0.25, -0.2) is 0 Å². The van der Waals surface area contributed by atoms with Gasteiger partial charge in [0, 0.05) is 5.41 Å². The van der Waals surface area contributed by atoms with E-state index in [0.717, 1.165) is 26.6 Å². The van der Waals surface area contributed by atoms with Gasteiger partial charge in [0.15, 0.2) is 0 Å². The Labute approximate surface area is 186 Å². The summed E-state index contributed by atoms with van der Waals surface area (Å²) in [4.78, 5) is 4.41. The summed E-state index contributed by atoms with van der Waals surface area (Å²) >= 11 is 14.4. The Morgan fingerprint density at radius 1 is 0.885 bits per heavy atom. The lowest BCUT2D eigenvalue weighted by molar-refractivity contribution is 0.322. The summed E-state index contributed by atoms with van der Waals surface area (Å²) in [6, 6.07) is 0. The van der Waals surface area contributed by atoms with Crippen LogP contribution in [0.15, 0.2) is 28.6 Å². The molecule has 0 aromatic carbocycles. The maximum absolute atomic E-state index is 3.78. The van der Waals surface area contributed by atoms with Crippen LogP contribution in [0.1, 0.15) is 46.0 Å². The van der Waals surface area contributed by atoms with Crippen molar-refractivity contribution in [2.45, 2.75) is 59.7 Å². The molecular weight excluding hydrogens is 453 g/mol. The molecule has 0 spiro atoms. The molecule has 0 unspecified atom stereocenters. The first-order valence-electron chi connectivity index (χ1n) is 9.02. The van der Waals surface area contributed by atoms with Crippen molar-refractivity contribution in [3.8, 4) is 11.8 Å². The highest BCUT2D eigenvalue weighted by Crippen LogP contribution is 2.66. The highest BCUT2D eigenvalue weighted by Gasteiger charge is 2.52. The van der Waals surface area contributed by atoms with Crippen LogP contribution >= 0.6 is 82.3 Å². The highest BCUT2D eigenvalue weighted by atomic mass is 32.3. The van der Waals surface area contributed by atoms with Crippen LogP contribution in [0.4, 0.5) is 0 Å². The minimum atomic E-state index is 0.312. The lowest BCUT2D eigenvalue weighted by Gasteiger charge is -2.53. The maximum Gasteiger partial charge on any atom is 0.0707 e. The summed E-state index contributed by atoms with van der Waals surface area (Å²) in [7, 11) is 0. The van der Waals surface area contributed by atoms with Crippen molar-refractivity contribution in [1.82, 2.24) is 0 Å². The number of hydrogen-bond acceptors (Lipinski definition) is 7. The van der Waals surface area contributed by atoms with Crippen molar-refractivity contribution in [2.24, 2.45) is 5.41 Å². The van der Waals surface area contributed by atoms with Gasteiger partial charge in [-0.15, -0.1) is 35.3 Å². The smallest absolute Gasteiger partial charge is 0.0707 e. The average molecular weight is 473 g/mol. The van der Waals surface area contributed by atoms with E-state index in [1.807, 2.05) is 47.0 Å². The lowest BCUT2D eigenvalue weighted by atomic mass is 9.79. The molecule has 0 aromatic heterocycles. The highest BCUT2D eigenvalue weighted by molar-refractivity contribution is 8.34. The molecule has 7 heteroatoms. The number of hydrogen-bond donors (Lipinski definition) is 0. The molecule has 6 rings (SSSR count). The van der Waals surface area contributed by atoms with Crippen molar-refractivity contribution in [2.75, 3.05) is 0 Å². The minimum Gasteiger partial charge on any atom is -0.133 e. The molecule has 0 saturated carbocycles. The van der Waals surface area contributed by atoms with E-state index in [1.165, 1.54) is 32.6 Å². The van der Waals surface area contributed by atoms with Crippen LogP contribution in [-0.4, -0.2) is 13.7 Å².